The van der Waals surface area contributed by atoms with Gasteiger partial charge in [-0.3, -0.25) is 0 Å². The Balaban J connectivity index is 1.93. The molecule has 4 rings (SSSR count). The molecule has 2 heteroatoms. The van der Waals surface area contributed by atoms with E-state index in [0.717, 1.165) is 17.8 Å². The van der Waals surface area contributed by atoms with Crippen molar-refractivity contribution in [2.75, 3.05) is 0 Å². The lowest BCUT2D eigenvalue weighted by atomic mass is 9.49. The molecule has 0 heterocycles. The quantitative estimate of drug-likeness (QED) is 0.627. The van der Waals surface area contributed by atoms with Crippen molar-refractivity contribution in [1.29, 1.82) is 10.5 Å². The number of allylic oxidation sites excluding steroid dienone is 2. The summed E-state index contributed by atoms with van der Waals surface area (Å²) in [7, 11) is 0. The smallest absolute Gasteiger partial charge is 0.126 e. The van der Waals surface area contributed by atoms with Gasteiger partial charge in [-0.15, -0.1) is 0 Å². The lowest BCUT2D eigenvalue weighted by molar-refractivity contribution is -0.0239. The molecule has 0 aromatic carbocycles. The maximum atomic E-state index is 8.89. The van der Waals surface area contributed by atoms with Crippen molar-refractivity contribution in [2.24, 2.45) is 23.2 Å². The highest BCUT2D eigenvalue weighted by Gasteiger charge is 2.49. The van der Waals surface area contributed by atoms with E-state index in [4.69, 9.17) is 10.5 Å². The van der Waals surface area contributed by atoms with Crippen LogP contribution in [0, 0.1) is 45.8 Å². The van der Waals surface area contributed by atoms with Crippen molar-refractivity contribution in [3.63, 3.8) is 0 Å². The fraction of sp³-hybridized carbons (Fsp3) is 0.714. The minimum Gasteiger partial charge on any atom is -0.192 e. The molecule has 0 aliphatic heterocycles. The Morgan fingerprint density at radius 1 is 0.938 bits per heavy atom. The van der Waals surface area contributed by atoms with Crippen LogP contribution in [0.1, 0.15) is 38.5 Å². The summed E-state index contributed by atoms with van der Waals surface area (Å²) in [5.74, 6) is 2.63. The van der Waals surface area contributed by atoms with E-state index >= 15 is 0 Å². The van der Waals surface area contributed by atoms with Gasteiger partial charge in [0.2, 0.25) is 0 Å². The van der Waals surface area contributed by atoms with Gasteiger partial charge in [-0.05, 0) is 67.8 Å². The molecule has 0 atom stereocenters. The van der Waals surface area contributed by atoms with Crippen LogP contribution in [-0.2, 0) is 0 Å². The number of hydrogen-bond acceptors (Lipinski definition) is 2. The van der Waals surface area contributed by atoms with Gasteiger partial charge in [-0.25, -0.2) is 0 Å². The van der Waals surface area contributed by atoms with Crippen LogP contribution < -0.4 is 0 Å². The zero-order valence-corrected chi connectivity index (χ0v) is 9.45. The molecule has 4 fully saturated rings. The fourth-order valence-electron chi connectivity index (χ4n) is 4.75. The number of hydrogen-bond donors (Lipinski definition) is 0. The first kappa shape index (κ1) is 9.91. The van der Waals surface area contributed by atoms with Gasteiger partial charge in [-0.1, -0.05) is 0 Å². The largest absolute Gasteiger partial charge is 0.192 e. The van der Waals surface area contributed by atoms with Crippen molar-refractivity contribution in [2.45, 2.75) is 38.5 Å². The average molecular weight is 212 g/mol. The van der Waals surface area contributed by atoms with Gasteiger partial charge in [0.25, 0.3) is 0 Å². The number of nitriles is 2. The average Bonchev–Trinajstić information content (AvgIpc) is 2.24. The van der Waals surface area contributed by atoms with Crippen LogP contribution in [0.2, 0.25) is 0 Å². The lowest BCUT2D eigenvalue weighted by Gasteiger charge is -2.55. The van der Waals surface area contributed by atoms with Crippen molar-refractivity contribution in [3.05, 3.63) is 11.6 Å². The number of nitrogens with zero attached hydrogens (tertiary/aromatic N) is 2. The van der Waals surface area contributed by atoms with E-state index in [2.05, 4.69) is 0 Å². The molecule has 4 aliphatic carbocycles. The highest BCUT2D eigenvalue weighted by molar-refractivity contribution is 5.37. The first-order valence-electron chi connectivity index (χ1n) is 6.26. The maximum Gasteiger partial charge on any atom is 0.126 e. The third kappa shape index (κ3) is 1.45. The molecule has 82 valence electrons. The second-order valence-corrected chi connectivity index (χ2v) is 6.06. The Bertz CT molecular complexity index is 368. The Hall–Kier alpha value is -1.28. The molecule has 0 amide bonds. The van der Waals surface area contributed by atoms with Crippen molar-refractivity contribution in [3.8, 4) is 12.1 Å². The van der Waals surface area contributed by atoms with Gasteiger partial charge in [0, 0.05) is 0 Å². The van der Waals surface area contributed by atoms with E-state index in [-0.39, 0.29) is 5.41 Å². The van der Waals surface area contributed by atoms with Gasteiger partial charge >= 0.3 is 0 Å². The van der Waals surface area contributed by atoms with E-state index in [0.29, 0.717) is 5.57 Å². The van der Waals surface area contributed by atoms with E-state index < -0.39 is 0 Å². The van der Waals surface area contributed by atoms with Crippen LogP contribution in [0.5, 0.6) is 0 Å². The normalized spacial score (nSPS) is 43.5. The van der Waals surface area contributed by atoms with Crippen molar-refractivity contribution < 1.29 is 0 Å². The van der Waals surface area contributed by atoms with Crippen LogP contribution >= 0.6 is 0 Å². The van der Waals surface area contributed by atoms with Gasteiger partial charge in [0.05, 0.1) is 0 Å². The Morgan fingerprint density at radius 2 is 1.38 bits per heavy atom. The third-order valence-electron chi connectivity index (χ3n) is 4.78. The highest BCUT2D eigenvalue weighted by Crippen LogP contribution is 2.60. The summed E-state index contributed by atoms with van der Waals surface area (Å²) < 4.78 is 0. The van der Waals surface area contributed by atoms with Gasteiger partial charge in [0.1, 0.15) is 17.7 Å². The predicted octanol–water partition coefficient (Wildman–Crippen LogP) is 3.18. The highest BCUT2D eigenvalue weighted by atomic mass is 14.5. The van der Waals surface area contributed by atoms with E-state index in [1.165, 1.54) is 38.5 Å². The Labute approximate surface area is 96.6 Å². The molecule has 0 aromatic heterocycles. The molecule has 0 radical (unpaired) electrons. The first-order valence-corrected chi connectivity index (χ1v) is 6.26. The van der Waals surface area contributed by atoms with Crippen LogP contribution in [0.15, 0.2) is 11.6 Å². The molecule has 16 heavy (non-hydrogen) atoms. The zero-order valence-electron chi connectivity index (χ0n) is 9.45. The summed E-state index contributed by atoms with van der Waals surface area (Å²) >= 11 is 0. The summed E-state index contributed by atoms with van der Waals surface area (Å²) in [6.07, 6.45) is 9.91. The first-order chi connectivity index (χ1) is 7.73. The monoisotopic (exact) mass is 212 g/mol. The minimum atomic E-state index is 0.218. The fourth-order valence-corrected chi connectivity index (χ4v) is 4.75. The van der Waals surface area contributed by atoms with Crippen molar-refractivity contribution >= 4 is 0 Å². The molecule has 4 saturated carbocycles. The second kappa shape index (κ2) is 3.36. The molecular weight excluding hydrogens is 196 g/mol. The molecule has 0 unspecified atom stereocenters. The molecule has 4 aliphatic rings. The summed E-state index contributed by atoms with van der Waals surface area (Å²) in [5, 5.41) is 17.8. The van der Waals surface area contributed by atoms with E-state index in [9.17, 15) is 0 Å². The molecule has 0 spiro atoms. The second-order valence-electron chi connectivity index (χ2n) is 6.06. The Morgan fingerprint density at radius 3 is 1.75 bits per heavy atom. The van der Waals surface area contributed by atoms with Crippen LogP contribution in [0.3, 0.4) is 0 Å². The van der Waals surface area contributed by atoms with Crippen LogP contribution in [0.4, 0.5) is 0 Å². The SMILES string of the molecule is N#CC(C#N)=CC12CC3CC(CC(C3)C1)C2. The summed E-state index contributed by atoms with van der Waals surface area (Å²) in [6.45, 7) is 0. The van der Waals surface area contributed by atoms with Gasteiger partial charge in [0.15, 0.2) is 0 Å². The maximum absolute atomic E-state index is 8.89. The lowest BCUT2D eigenvalue weighted by Crippen LogP contribution is -2.45. The summed E-state index contributed by atoms with van der Waals surface area (Å²) in [6, 6.07) is 4.05. The summed E-state index contributed by atoms with van der Waals surface area (Å²) in [4.78, 5) is 0. The molecule has 2 nitrogen and oxygen atoms in total. The van der Waals surface area contributed by atoms with E-state index in [1.807, 2.05) is 18.2 Å². The zero-order chi connectivity index (χ0) is 11.2. The molecule has 0 aromatic rings. The topological polar surface area (TPSA) is 47.6 Å². The predicted molar refractivity (Wildman–Crippen MR) is 59.9 cm³/mol. The Kier molecular flexibility index (Phi) is 2.08. The molecule has 0 N–H and O–H groups in total. The minimum absolute atomic E-state index is 0.218. The number of rotatable bonds is 1. The van der Waals surface area contributed by atoms with Crippen LogP contribution in [-0.4, -0.2) is 0 Å². The van der Waals surface area contributed by atoms with E-state index in [1.54, 1.807) is 0 Å². The summed E-state index contributed by atoms with van der Waals surface area (Å²) in [5.41, 5.74) is 0.553. The molecular formula is C14H16N2. The van der Waals surface area contributed by atoms with Gasteiger partial charge in [-0.2, -0.15) is 10.5 Å². The van der Waals surface area contributed by atoms with Crippen LogP contribution in [0.25, 0.3) is 0 Å². The molecule has 4 bridgehead atoms. The third-order valence-corrected chi connectivity index (χ3v) is 4.78. The van der Waals surface area contributed by atoms with Gasteiger partial charge < -0.3 is 0 Å². The van der Waals surface area contributed by atoms with Crippen molar-refractivity contribution in [1.82, 2.24) is 0 Å². The molecule has 0 saturated heterocycles. The standard InChI is InChI=1S/C14H16N2/c15-8-13(9-16)7-14-4-10-1-11(5-14)3-12(2-10)6-14/h7,10-12H,1-6H2.